The molecule has 1 aromatic rings. The van der Waals surface area contributed by atoms with Crippen molar-refractivity contribution in [2.45, 2.75) is 45.6 Å². The van der Waals surface area contributed by atoms with Crippen LogP contribution in [0.2, 0.25) is 0 Å². The lowest BCUT2D eigenvalue weighted by Gasteiger charge is -2.27. The zero-order valence-corrected chi connectivity index (χ0v) is 14.5. The molecule has 0 aliphatic rings. The molecule has 0 saturated heterocycles. The number of benzene rings is 1. The number of carbonyl (C=O) groups is 2. The third-order valence-electron chi connectivity index (χ3n) is 4.02. The molecule has 0 heterocycles. The number of hydrogen-bond donors (Lipinski definition) is 3. The van der Waals surface area contributed by atoms with Crippen LogP contribution >= 0.6 is 0 Å². The minimum atomic E-state index is -1.34. The molecule has 140 valence electrons. The summed E-state index contributed by atoms with van der Waals surface area (Å²) in [5, 5.41) is 21.4. The Labute approximate surface area is 146 Å². The van der Waals surface area contributed by atoms with Gasteiger partial charge >= 0.3 is 0 Å². The molecule has 0 fully saturated rings. The smallest absolute Gasteiger partial charge is 0.249 e. The van der Waals surface area contributed by atoms with Gasteiger partial charge in [0.15, 0.2) is 0 Å². The Morgan fingerprint density at radius 1 is 1.24 bits per heavy atom. The summed E-state index contributed by atoms with van der Waals surface area (Å²) >= 11 is 0. The van der Waals surface area contributed by atoms with Crippen LogP contribution in [-0.4, -0.2) is 41.2 Å². The zero-order chi connectivity index (χ0) is 19.0. The van der Waals surface area contributed by atoms with Crippen LogP contribution in [0.5, 0.6) is 0 Å². The largest absolute Gasteiger partial charge is 0.396 e. The molecule has 0 unspecified atom stereocenters. The Morgan fingerprint density at radius 3 is 2.52 bits per heavy atom. The number of aliphatic hydroxyl groups excluding tert-OH is 2. The van der Waals surface area contributed by atoms with E-state index in [2.05, 4.69) is 5.32 Å². The van der Waals surface area contributed by atoms with E-state index in [1.54, 1.807) is 13.8 Å². The molecule has 1 atom stereocenters. The van der Waals surface area contributed by atoms with Crippen LogP contribution in [0.25, 0.3) is 0 Å². The van der Waals surface area contributed by atoms with Gasteiger partial charge in [0, 0.05) is 30.9 Å². The molecule has 3 N–H and O–H groups in total. The second kappa shape index (κ2) is 9.58. The zero-order valence-electron chi connectivity index (χ0n) is 14.5. The van der Waals surface area contributed by atoms with Gasteiger partial charge in [-0.1, -0.05) is 19.9 Å². The molecule has 0 bridgehead atoms. The number of nitrogens with one attached hydrogen (secondary N) is 1. The summed E-state index contributed by atoms with van der Waals surface area (Å²) in [4.78, 5) is 23.5. The number of rotatable bonds is 10. The third kappa shape index (κ3) is 6.88. The quantitative estimate of drug-likeness (QED) is 0.557. The van der Waals surface area contributed by atoms with E-state index < -0.39 is 29.1 Å². The lowest BCUT2D eigenvalue weighted by Crippen LogP contribution is -2.45. The molecule has 0 saturated carbocycles. The monoisotopic (exact) mass is 357 g/mol. The van der Waals surface area contributed by atoms with E-state index in [9.17, 15) is 23.5 Å². The molecule has 0 radical (unpaired) electrons. The number of halogens is 2. The molecule has 0 aliphatic carbocycles. The van der Waals surface area contributed by atoms with Gasteiger partial charge < -0.3 is 15.5 Å². The molecule has 0 aliphatic heterocycles. The standard InChI is InChI=1S/C18H25F2NO4/c1-18(2,11-22)16(24)17(25)21-9-3-4-14(23)8-6-12-5-7-13(19)10-15(12)20/h5,7,10,16,22,24H,3-4,6,8-9,11H2,1-2H3,(H,21,25)/t16-/m0/s1. The summed E-state index contributed by atoms with van der Waals surface area (Å²) in [6.45, 7) is 3.01. The van der Waals surface area contributed by atoms with Crippen molar-refractivity contribution < 1.29 is 28.6 Å². The van der Waals surface area contributed by atoms with Crippen molar-refractivity contribution in [3.05, 3.63) is 35.4 Å². The minimum Gasteiger partial charge on any atom is -0.396 e. The number of carbonyl (C=O) groups excluding carboxylic acids is 2. The number of ketones is 1. The Kier molecular flexibility index (Phi) is 8.12. The molecule has 0 spiro atoms. The van der Waals surface area contributed by atoms with Crippen LogP contribution in [0.15, 0.2) is 18.2 Å². The van der Waals surface area contributed by atoms with Gasteiger partial charge in [-0.05, 0) is 24.5 Å². The van der Waals surface area contributed by atoms with E-state index in [0.29, 0.717) is 6.42 Å². The molecule has 1 aromatic carbocycles. The average Bonchev–Trinajstić information content (AvgIpc) is 2.57. The van der Waals surface area contributed by atoms with E-state index in [-0.39, 0.29) is 43.8 Å². The van der Waals surface area contributed by atoms with Crippen LogP contribution in [-0.2, 0) is 16.0 Å². The lowest BCUT2D eigenvalue weighted by atomic mass is 9.87. The fourth-order valence-electron chi connectivity index (χ4n) is 2.16. The number of aliphatic hydroxyl groups is 2. The summed E-state index contributed by atoms with van der Waals surface area (Å²) < 4.78 is 26.3. The third-order valence-corrected chi connectivity index (χ3v) is 4.02. The lowest BCUT2D eigenvalue weighted by molar-refractivity contribution is -0.137. The van der Waals surface area contributed by atoms with E-state index in [1.165, 1.54) is 6.07 Å². The first-order valence-electron chi connectivity index (χ1n) is 8.19. The molecule has 25 heavy (non-hydrogen) atoms. The second-order valence-electron chi connectivity index (χ2n) is 6.72. The minimum absolute atomic E-state index is 0.0887. The van der Waals surface area contributed by atoms with Crippen molar-refractivity contribution in [3.8, 4) is 0 Å². The summed E-state index contributed by atoms with van der Waals surface area (Å²) in [5.74, 6) is -2.01. The van der Waals surface area contributed by atoms with Crippen LogP contribution < -0.4 is 5.32 Å². The van der Waals surface area contributed by atoms with E-state index in [4.69, 9.17) is 5.11 Å². The first-order chi connectivity index (χ1) is 11.7. The van der Waals surface area contributed by atoms with Gasteiger partial charge in [0.1, 0.15) is 23.5 Å². The van der Waals surface area contributed by atoms with Gasteiger partial charge in [-0.15, -0.1) is 0 Å². The Bertz CT molecular complexity index is 605. The fraction of sp³-hybridized carbons (Fsp3) is 0.556. The Morgan fingerprint density at radius 2 is 1.92 bits per heavy atom. The van der Waals surface area contributed by atoms with Gasteiger partial charge in [0.05, 0.1) is 6.61 Å². The molecule has 1 amide bonds. The predicted molar refractivity (Wildman–Crippen MR) is 88.8 cm³/mol. The second-order valence-corrected chi connectivity index (χ2v) is 6.72. The van der Waals surface area contributed by atoms with E-state index in [0.717, 1.165) is 12.1 Å². The Balaban J connectivity index is 2.28. The van der Waals surface area contributed by atoms with Gasteiger partial charge in [-0.2, -0.15) is 0 Å². The first kappa shape index (κ1) is 21.2. The number of hydrogen-bond acceptors (Lipinski definition) is 4. The average molecular weight is 357 g/mol. The topological polar surface area (TPSA) is 86.6 Å². The van der Waals surface area contributed by atoms with E-state index >= 15 is 0 Å². The van der Waals surface area contributed by atoms with Crippen molar-refractivity contribution in [2.75, 3.05) is 13.2 Å². The van der Waals surface area contributed by atoms with Gasteiger partial charge in [-0.25, -0.2) is 8.78 Å². The fourth-order valence-corrected chi connectivity index (χ4v) is 2.16. The maximum absolute atomic E-state index is 13.5. The molecule has 0 aromatic heterocycles. The summed E-state index contributed by atoms with van der Waals surface area (Å²) in [7, 11) is 0. The highest BCUT2D eigenvalue weighted by Gasteiger charge is 2.32. The number of amides is 1. The van der Waals surface area contributed by atoms with Crippen LogP contribution in [0.1, 0.15) is 38.7 Å². The molecule has 5 nitrogen and oxygen atoms in total. The predicted octanol–water partition coefficient (Wildman–Crippen LogP) is 1.74. The SMILES string of the molecule is CC(C)(CO)[C@@H](O)C(=O)NCCCC(=O)CCc1ccc(F)cc1F. The highest BCUT2D eigenvalue weighted by atomic mass is 19.1. The first-order valence-corrected chi connectivity index (χ1v) is 8.19. The van der Waals surface area contributed by atoms with Gasteiger partial charge in [0.2, 0.25) is 5.91 Å². The molecular formula is C18H25F2NO4. The Hall–Kier alpha value is -1.86. The summed E-state index contributed by atoms with van der Waals surface area (Å²) in [6.07, 6.45) is -0.405. The number of aryl methyl sites for hydroxylation is 1. The highest BCUT2D eigenvalue weighted by Crippen LogP contribution is 2.19. The van der Waals surface area contributed by atoms with Gasteiger partial charge in [0.25, 0.3) is 0 Å². The van der Waals surface area contributed by atoms with Crippen LogP contribution in [0.4, 0.5) is 8.78 Å². The van der Waals surface area contributed by atoms with E-state index in [1.807, 2.05) is 0 Å². The summed E-state index contributed by atoms with van der Waals surface area (Å²) in [6, 6.07) is 3.26. The van der Waals surface area contributed by atoms with Crippen molar-refractivity contribution in [1.29, 1.82) is 0 Å². The maximum atomic E-state index is 13.5. The molecule has 7 heteroatoms. The van der Waals surface area contributed by atoms with Crippen molar-refractivity contribution in [2.24, 2.45) is 5.41 Å². The normalized spacial score (nSPS) is 12.7. The van der Waals surface area contributed by atoms with Crippen molar-refractivity contribution >= 4 is 11.7 Å². The van der Waals surface area contributed by atoms with Crippen molar-refractivity contribution in [1.82, 2.24) is 5.32 Å². The van der Waals surface area contributed by atoms with Crippen LogP contribution in [0.3, 0.4) is 0 Å². The van der Waals surface area contributed by atoms with Crippen LogP contribution in [0, 0.1) is 17.0 Å². The molecular weight excluding hydrogens is 332 g/mol. The highest BCUT2D eigenvalue weighted by molar-refractivity contribution is 5.81. The maximum Gasteiger partial charge on any atom is 0.249 e. The summed E-state index contributed by atoms with van der Waals surface area (Å²) in [5.41, 5.74) is -0.656. The van der Waals surface area contributed by atoms with Crippen molar-refractivity contribution in [3.63, 3.8) is 0 Å². The molecule has 1 rings (SSSR count). The number of Topliss-reactive ketones (excluding diaryl/α,β-unsaturated/α-hetero) is 1. The van der Waals surface area contributed by atoms with Gasteiger partial charge in [-0.3, -0.25) is 9.59 Å².